The summed E-state index contributed by atoms with van der Waals surface area (Å²) < 4.78 is 24.5. The number of nitrogens with one attached hydrogen (secondary N) is 2. The zero-order chi connectivity index (χ0) is 29.4. The van der Waals surface area contributed by atoms with Gasteiger partial charge in [0.05, 0.1) is 26.4 Å². The van der Waals surface area contributed by atoms with Crippen molar-refractivity contribution >= 4 is 10.9 Å². The van der Waals surface area contributed by atoms with Gasteiger partial charge in [0, 0.05) is 54.1 Å². The maximum Gasteiger partial charge on any atom is 0.157 e. The summed E-state index contributed by atoms with van der Waals surface area (Å²) in [4.78, 5) is 5.99. The number of likely N-dealkylation sites (tertiary alicyclic amines) is 1. The van der Waals surface area contributed by atoms with Crippen LogP contribution in [0, 0.1) is 12.3 Å². The lowest BCUT2D eigenvalue weighted by molar-refractivity contribution is -0.104. The Balaban J connectivity index is 1.24. The predicted molar refractivity (Wildman–Crippen MR) is 169 cm³/mol. The Bertz CT molecular complexity index is 1330. The fourth-order valence-electron chi connectivity index (χ4n) is 6.15. The molecule has 228 valence electrons. The number of hydrogen-bond donors (Lipinski definition) is 2. The number of hydrogen-bond acceptors (Lipinski definition) is 6. The summed E-state index contributed by atoms with van der Waals surface area (Å²) >= 11 is 0. The normalized spacial score (nSPS) is 19.0. The van der Waals surface area contributed by atoms with E-state index < -0.39 is 0 Å². The number of aryl methyl sites for hydroxylation is 1. The van der Waals surface area contributed by atoms with Gasteiger partial charge in [-0.1, -0.05) is 19.4 Å². The van der Waals surface area contributed by atoms with E-state index in [1.54, 1.807) is 0 Å². The van der Waals surface area contributed by atoms with Crippen molar-refractivity contribution in [3.63, 3.8) is 0 Å². The predicted octanol–water partition coefficient (Wildman–Crippen LogP) is 7.13. The van der Waals surface area contributed by atoms with Gasteiger partial charge in [-0.05, 0) is 94.6 Å². The van der Waals surface area contributed by atoms with Gasteiger partial charge in [-0.15, -0.1) is 0 Å². The standard InChI is InChI=1S/C35H49N3O4/c1-5-7-10-29(42-30-11-12-32-27(20-30)19-26(3)37-32)21-28-22-34(40-6-2)33(14-13-31(28)36-4)41-18-9-8-16-38-17-15-35(23-38)24-39-25-35/h10-13,19-20,22,36-37H,5-9,14-18,21,23-25H2,1-4H3. The smallest absolute Gasteiger partial charge is 0.157 e. The van der Waals surface area contributed by atoms with Crippen LogP contribution in [0.4, 0.5) is 0 Å². The van der Waals surface area contributed by atoms with Crippen LogP contribution in [-0.2, 0) is 14.2 Å². The first-order chi connectivity index (χ1) is 20.5. The van der Waals surface area contributed by atoms with Crippen molar-refractivity contribution in [1.82, 2.24) is 15.2 Å². The van der Waals surface area contributed by atoms with Gasteiger partial charge in [0.1, 0.15) is 17.3 Å². The molecule has 3 heterocycles. The number of ether oxygens (including phenoxy) is 4. The highest BCUT2D eigenvalue weighted by molar-refractivity contribution is 5.81. The van der Waals surface area contributed by atoms with Gasteiger partial charge in [0.15, 0.2) is 5.76 Å². The lowest BCUT2D eigenvalue weighted by atomic mass is 9.85. The number of rotatable bonds is 15. The minimum absolute atomic E-state index is 0.459. The van der Waals surface area contributed by atoms with E-state index in [1.165, 1.54) is 19.5 Å². The van der Waals surface area contributed by atoms with Gasteiger partial charge in [0.2, 0.25) is 0 Å². The fourth-order valence-corrected chi connectivity index (χ4v) is 6.15. The van der Waals surface area contributed by atoms with E-state index in [1.807, 2.05) is 20.0 Å². The summed E-state index contributed by atoms with van der Waals surface area (Å²) in [5.74, 6) is 3.51. The summed E-state index contributed by atoms with van der Waals surface area (Å²) in [6, 6.07) is 8.38. The summed E-state index contributed by atoms with van der Waals surface area (Å²) in [6.45, 7) is 13.0. The molecule has 1 aromatic heterocycles. The number of likely N-dealkylation sites (N-methyl/N-ethyl adjacent to an activating group) is 1. The molecule has 2 fully saturated rings. The lowest BCUT2D eigenvalue weighted by Crippen LogP contribution is -2.44. The van der Waals surface area contributed by atoms with E-state index in [0.717, 1.165) is 96.3 Å². The van der Waals surface area contributed by atoms with Crippen molar-refractivity contribution in [3.05, 3.63) is 76.7 Å². The number of benzene rings is 1. The monoisotopic (exact) mass is 575 g/mol. The lowest BCUT2D eigenvalue weighted by Gasteiger charge is -2.37. The molecular weight excluding hydrogens is 526 g/mol. The van der Waals surface area contributed by atoms with E-state index in [4.69, 9.17) is 18.9 Å². The van der Waals surface area contributed by atoms with Crippen LogP contribution in [-0.4, -0.2) is 63.0 Å². The first-order valence-corrected chi connectivity index (χ1v) is 15.8. The Hall–Kier alpha value is -3.16. The van der Waals surface area contributed by atoms with E-state index in [-0.39, 0.29) is 0 Å². The van der Waals surface area contributed by atoms with Crippen molar-refractivity contribution in [2.45, 2.75) is 65.7 Å². The Morgan fingerprint density at radius 1 is 1.17 bits per heavy atom. The van der Waals surface area contributed by atoms with Gasteiger partial charge in [0.25, 0.3) is 0 Å². The van der Waals surface area contributed by atoms with Crippen LogP contribution in [0.2, 0.25) is 0 Å². The van der Waals surface area contributed by atoms with Crippen LogP contribution >= 0.6 is 0 Å². The third-order valence-corrected chi connectivity index (χ3v) is 8.47. The van der Waals surface area contributed by atoms with E-state index in [9.17, 15) is 0 Å². The minimum Gasteiger partial charge on any atom is -0.494 e. The summed E-state index contributed by atoms with van der Waals surface area (Å²) in [5.41, 5.74) is 4.94. The van der Waals surface area contributed by atoms with Gasteiger partial charge >= 0.3 is 0 Å². The fraction of sp³-hybridized carbons (Fsp3) is 0.543. The van der Waals surface area contributed by atoms with Gasteiger partial charge in [-0.25, -0.2) is 0 Å². The van der Waals surface area contributed by atoms with Gasteiger partial charge in [-0.3, -0.25) is 0 Å². The quantitative estimate of drug-likeness (QED) is 0.174. The molecule has 1 aromatic carbocycles. The number of fused-ring (bicyclic) bond motifs is 1. The second-order valence-corrected chi connectivity index (χ2v) is 12.0. The second kappa shape index (κ2) is 14.3. The molecule has 2 aromatic rings. The number of nitrogens with zero attached hydrogens (tertiary/aromatic N) is 1. The molecule has 3 aliphatic rings. The van der Waals surface area contributed by atoms with Crippen molar-refractivity contribution in [3.8, 4) is 5.75 Å². The Labute approximate surface area is 251 Å². The molecule has 7 nitrogen and oxygen atoms in total. The molecule has 2 saturated heterocycles. The SMILES string of the molecule is CCCC=C(CC1=CC(OCC)=C(OCCCCN2CCC3(COC3)C2)CC=C1NC)Oc1ccc2[nH]c(C)cc2c1. The zero-order valence-corrected chi connectivity index (χ0v) is 26.0. The molecule has 2 N–H and O–H groups in total. The molecule has 0 amide bonds. The maximum atomic E-state index is 6.50. The van der Waals surface area contributed by atoms with Crippen LogP contribution in [0.5, 0.6) is 5.75 Å². The van der Waals surface area contributed by atoms with Crippen LogP contribution < -0.4 is 10.1 Å². The number of unbranched alkanes of at least 4 members (excludes halogenated alkanes) is 2. The van der Waals surface area contributed by atoms with Crippen LogP contribution in [0.25, 0.3) is 10.9 Å². The zero-order valence-electron chi connectivity index (χ0n) is 26.0. The third kappa shape index (κ3) is 7.61. The molecule has 0 radical (unpaired) electrons. The van der Waals surface area contributed by atoms with Crippen molar-refractivity contribution in [2.75, 3.05) is 53.1 Å². The summed E-state index contributed by atoms with van der Waals surface area (Å²) in [5, 5.41) is 4.56. The summed E-state index contributed by atoms with van der Waals surface area (Å²) in [6.07, 6.45) is 13.4. The first kappa shape index (κ1) is 30.3. The molecule has 7 heteroatoms. The maximum absolute atomic E-state index is 6.50. The van der Waals surface area contributed by atoms with Crippen molar-refractivity contribution in [2.24, 2.45) is 5.41 Å². The second-order valence-electron chi connectivity index (χ2n) is 12.0. The first-order valence-electron chi connectivity index (χ1n) is 15.8. The van der Waals surface area contributed by atoms with Crippen LogP contribution in [0.15, 0.2) is 71.0 Å². The Kier molecular flexibility index (Phi) is 10.3. The van der Waals surface area contributed by atoms with E-state index in [0.29, 0.717) is 31.5 Å². The molecule has 2 aliphatic heterocycles. The molecular formula is C35H49N3O4. The van der Waals surface area contributed by atoms with Crippen LogP contribution in [0.3, 0.4) is 0 Å². The number of allylic oxidation sites excluding steroid dienone is 5. The molecule has 1 aliphatic carbocycles. The Morgan fingerprint density at radius 2 is 2.05 bits per heavy atom. The average molecular weight is 576 g/mol. The highest BCUT2D eigenvalue weighted by Crippen LogP contribution is 2.37. The minimum atomic E-state index is 0.459. The third-order valence-electron chi connectivity index (χ3n) is 8.47. The molecule has 1 spiro atoms. The molecule has 0 saturated carbocycles. The van der Waals surface area contributed by atoms with Gasteiger partial charge < -0.3 is 34.1 Å². The Morgan fingerprint density at radius 3 is 2.79 bits per heavy atom. The number of H-pyrrole nitrogens is 1. The highest BCUT2D eigenvalue weighted by atomic mass is 16.5. The summed E-state index contributed by atoms with van der Waals surface area (Å²) in [7, 11) is 1.97. The van der Waals surface area contributed by atoms with E-state index >= 15 is 0 Å². The van der Waals surface area contributed by atoms with Crippen molar-refractivity contribution in [1.29, 1.82) is 0 Å². The number of aromatic nitrogens is 1. The van der Waals surface area contributed by atoms with Crippen LogP contribution in [0.1, 0.15) is 64.5 Å². The average Bonchev–Trinajstić information content (AvgIpc) is 3.53. The number of aromatic amines is 1. The topological polar surface area (TPSA) is 68.0 Å². The molecule has 5 rings (SSSR count). The molecule has 0 unspecified atom stereocenters. The van der Waals surface area contributed by atoms with Crippen molar-refractivity contribution < 1.29 is 18.9 Å². The largest absolute Gasteiger partial charge is 0.494 e. The van der Waals surface area contributed by atoms with Gasteiger partial charge in [-0.2, -0.15) is 0 Å². The molecule has 0 bridgehead atoms. The highest BCUT2D eigenvalue weighted by Gasteiger charge is 2.43. The molecule has 0 atom stereocenters. The van der Waals surface area contributed by atoms with E-state index in [2.05, 4.69) is 65.5 Å². The molecule has 42 heavy (non-hydrogen) atoms.